The van der Waals surface area contributed by atoms with Gasteiger partial charge in [0.1, 0.15) is 0 Å². The van der Waals surface area contributed by atoms with Crippen molar-refractivity contribution in [2.24, 2.45) is 0 Å². The van der Waals surface area contributed by atoms with Crippen LogP contribution in [0.4, 0.5) is 0 Å². The van der Waals surface area contributed by atoms with Crippen molar-refractivity contribution in [1.82, 2.24) is 9.80 Å². The Morgan fingerprint density at radius 2 is 1.08 bits per heavy atom. The summed E-state index contributed by atoms with van der Waals surface area (Å²) in [6.45, 7) is 8.45. The lowest BCUT2D eigenvalue weighted by atomic mass is 10.3. The number of imide groups is 2. The van der Waals surface area contributed by atoms with Crippen LogP contribution >= 0.6 is 0 Å². The molecule has 0 aromatic heterocycles. The highest BCUT2D eigenvalue weighted by molar-refractivity contribution is 6.13. The highest BCUT2D eigenvalue weighted by atomic mass is 16.5. The molecule has 0 saturated carbocycles. The number of likely N-dealkylation sites (tertiary alicyclic amines) is 2. The van der Waals surface area contributed by atoms with E-state index in [2.05, 4.69) is 13.2 Å². The third kappa shape index (κ3) is 4.15. The SMILES string of the molecule is C=C1CC(=O)N(CCOCCOCCN2C(=O)CC(=C)C2=O)C1=O. The van der Waals surface area contributed by atoms with E-state index in [1.165, 1.54) is 0 Å². The summed E-state index contributed by atoms with van der Waals surface area (Å²) in [6.07, 6.45) is 0.143. The van der Waals surface area contributed by atoms with Crippen molar-refractivity contribution in [3.8, 4) is 0 Å². The molecule has 0 spiro atoms. The first kappa shape index (κ1) is 18.0. The predicted octanol–water partition coefficient (Wildman–Crippen LogP) is -0.350. The normalized spacial score (nSPS) is 18.5. The first-order valence-corrected chi connectivity index (χ1v) is 7.62. The topological polar surface area (TPSA) is 93.2 Å². The van der Waals surface area contributed by atoms with Crippen molar-refractivity contribution >= 4 is 23.6 Å². The Kier molecular flexibility index (Phi) is 5.99. The van der Waals surface area contributed by atoms with Gasteiger partial charge in [-0.1, -0.05) is 13.2 Å². The molecular weight excluding hydrogens is 316 g/mol. The Balaban J connectivity index is 1.52. The number of hydrogen-bond acceptors (Lipinski definition) is 6. The van der Waals surface area contributed by atoms with E-state index in [0.717, 1.165) is 9.80 Å². The van der Waals surface area contributed by atoms with Gasteiger partial charge in [0.25, 0.3) is 11.8 Å². The Hall–Kier alpha value is -2.32. The Morgan fingerprint density at radius 1 is 0.708 bits per heavy atom. The molecule has 0 unspecified atom stereocenters. The minimum absolute atomic E-state index is 0.0717. The van der Waals surface area contributed by atoms with Gasteiger partial charge in [-0.2, -0.15) is 0 Å². The molecular formula is C16H20N2O6. The van der Waals surface area contributed by atoms with Crippen LogP contribution in [0.25, 0.3) is 0 Å². The lowest BCUT2D eigenvalue weighted by molar-refractivity contribution is -0.140. The number of nitrogens with zero attached hydrogens (tertiary/aromatic N) is 2. The van der Waals surface area contributed by atoms with E-state index in [-0.39, 0.29) is 76.0 Å². The van der Waals surface area contributed by atoms with Crippen LogP contribution in [0.5, 0.6) is 0 Å². The third-order valence-electron chi connectivity index (χ3n) is 3.72. The van der Waals surface area contributed by atoms with Crippen LogP contribution in [0.15, 0.2) is 24.3 Å². The molecule has 0 atom stereocenters. The Morgan fingerprint density at radius 3 is 1.38 bits per heavy atom. The van der Waals surface area contributed by atoms with Gasteiger partial charge in [0.15, 0.2) is 0 Å². The summed E-state index contributed by atoms with van der Waals surface area (Å²) in [6, 6.07) is 0. The van der Waals surface area contributed by atoms with Crippen LogP contribution in [0.2, 0.25) is 0 Å². The van der Waals surface area contributed by atoms with E-state index in [1.807, 2.05) is 0 Å². The molecule has 2 saturated heterocycles. The number of amides is 4. The first-order chi connectivity index (χ1) is 11.4. The molecule has 0 bridgehead atoms. The van der Waals surface area contributed by atoms with Gasteiger partial charge in [-0.3, -0.25) is 29.0 Å². The lowest BCUT2D eigenvalue weighted by Crippen LogP contribution is -2.33. The quantitative estimate of drug-likeness (QED) is 0.325. The fourth-order valence-electron chi connectivity index (χ4n) is 2.40. The highest BCUT2D eigenvalue weighted by Gasteiger charge is 2.32. The molecule has 2 rings (SSSR count). The second-order valence-electron chi connectivity index (χ2n) is 5.49. The zero-order valence-electron chi connectivity index (χ0n) is 13.4. The van der Waals surface area contributed by atoms with Crippen LogP contribution in [-0.4, -0.2) is 72.9 Å². The number of carbonyl (C=O) groups excluding carboxylic acids is 4. The monoisotopic (exact) mass is 336 g/mol. The molecule has 8 nitrogen and oxygen atoms in total. The molecule has 0 aliphatic carbocycles. The summed E-state index contributed by atoms with van der Waals surface area (Å²) in [5.74, 6) is -1.21. The molecule has 2 aliphatic heterocycles. The maximum atomic E-state index is 11.6. The van der Waals surface area contributed by atoms with Gasteiger partial charge in [0, 0.05) is 11.1 Å². The van der Waals surface area contributed by atoms with E-state index in [0.29, 0.717) is 11.1 Å². The molecule has 0 N–H and O–H groups in total. The highest BCUT2D eigenvalue weighted by Crippen LogP contribution is 2.16. The van der Waals surface area contributed by atoms with Crippen LogP contribution in [0.1, 0.15) is 12.8 Å². The fraction of sp³-hybridized carbons (Fsp3) is 0.500. The third-order valence-corrected chi connectivity index (χ3v) is 3.72. The van der Waals surface area contributed by atoms with Crippen LogP contribution in [0, 0.1) is 0 Å². The van der Waals surface area contributed by atoms with Gasteiger partial charge < -0.3 is 9.47 Å². The molecule has 0 aromatic rings. The summed E-state index contributed by atoms with van der Waals surface area (Å²) in [7, 11) is 0. The number of ether oxygens (including phenoxy) is 2. The maximum Gasteiger partial charge on any atom is 0.256 e. The van der Waals surface area contributed by atoms with Gasteiger partial charge in [0.2, 0.25) is 11.8 Å². The second-order valence-corrected chi connectivity index (χ2v) is 5.49. The molecule has 2 aliphatic rings. The molecule has 0 aromatic carbocycles. The minimum Gasteiger partial charge on any atom is -0.377 e. The zero-order chi connectivity index (χ0) is 17.7. The van der Waals surface area contributed by atoms with Gasteiger partial charge in [-0.25, -0.2) is 0 Å². The first-order valence-electron chi connectivity index (χ1n) is 7.62. The molecule has 24 heavy (non-hydrogen) atoms. The van der Waals surface area contributed by atoms with Gasteiger partial charge in [-0.15, -0.1) is 0 Å². The zero-order valence-corrected chi connectivity index (χ0v) is 13.4. The summed E-state index contributed by atoms with van der Waals surface area (Å²) in [5.41, 5.74) is 0.606. The smallest absolute Gasteiger partial charge is 0.256 e. The van der Waals surface area contributed by atoms with Crippen molar-refractivity contribution in [3.63, 3.8) is 0 Å². The van der Waals surface area contributed by atoms with Crippen LogP contribution in [-0.2, 0) is 28.7 Å². The molecule has 0 radical (unpaired) electrons. The number of rotatable bonds is 9. The van der Waals surface area contributed by atoms with Crippen molar-refractivity contribution in [3.05, 3.63) is 24.3 Å². The van der Waals surface area contributed by atoms with Crippen LogP contribution < -0.4 is 0 Å². The predicted molar refractivity (Wildman–Crippen MR) is 82.6 cm³/mol. The summed E-state index contributed by atoms with van der Waals surface area (Å²) in [4.78, 5) is 48.4. The molecule has 8 heteroatoms. The lowest BCUT2D eigenvalue weighted by Gasteiger charge is -2.14. The van der Waals surface area contributed by atoms with Crippen molar-refractivity contribution in [2.75, 3.05) is 39.5 Å². The van der Waals surface area contributed by atoms with Crippen molar-refractivity contribution in [2.45, 2.75) is 12.8 Å². The fourth-order valence-corrected chi connectivity index (χ4v) is 2.40. The van der Waals surface area contributed by atoms with Gasteiger partial charge in [-0.05, 0) is 0 Å². The molecule has 2 fully saturated rings. The minimum atomic E-state index is -0.346. The van der Waals surface area contributed by atoms with Crippen LogP contribution in [0.3, 0.4) is 0 Å². The maximum absolute atomic E-state index is 11.6. The van der Waals surface area contributed by atoms with E-state index < -0.39 is 0 Å². The summed E-state index contributed by atoms with van der Waals surface area (Å²) < 4.78 is 10.6. The van der Waals surface area contributed by atoms with Gasteiger partial charge in [0.05, 0.1) is 52.4 Å². The average molecular weight is 336 g/mol. The Labute approximate surface area is 139 Å². The average Bonchev–Trinajstić information content (AvgIpc) is 2.91. The second kappa shape index (κ2) is 7.98. The van der Waals surface area contributed by atoms with E-state index in [1.54, 1.807) is 0 Å². The molecule has 4 amide bonds. The summed E-state index contributed by atoms with van der Waals surface area (Å²) in [5, 5.41) is 0. The number of carbonyl (C=O) groups is 4. The molecule has 130 valence electrons. The van der Waals surface area contributed by atoms with Gasteiger partial charge >= 0.3 is 0 Å². The van der Waals surface area contributed by atoms with Crippen molar-refractivity contribution in [1.29, 1.82) is 0 Å². The molecule has 2 heterocycles. The standard InChI is InChI=1S/C16H20N2O6/c1-11-9-13(19)17(15(11)21)3-5-23-7-8-24-6-4-18-14(20)10-12(2)16(18)22/h1-10H2. The number of hydrogen-bond donors (Lipinski definition) is 0. The van der Waals surface area contributed by atoms with E-state index >= 15 is 0 Å². The summed E-state index contributed by atoms with van der Waals surface area (Å²) >= 11 is 0. The Bertz CT molecular complexity index is 545. The van der Waals surface area contributed by atoms with E-state index in [4.69, 9.17) is 9.47 Å². The van der Waals surface area contributed by atoms with E-state index in [9.17, 15) is 19.2 Å². The van der Waals surface area contributed by atoms with Crippen molar-refractivity contribution < 1.29 is 28.7 Å². The largest absolute Gasteiger partial charge is 0.377 e.